The highest BCUT2D eigenvalue weighted by Crippen LogP contribution is 2.28. The second kappa shape index (κ2) is 8.78. The van der Waals surface area contributed by atoms with Gasteiger partial charge in [0.15, 0.2) is 5.96 Å². The van der Waals surface area contributed by atoms with Gasteiger partial charge in [0.1, 0.15) is 5.75 Å². The van der Waals surface area contributed by atoms with Crippen molar-refractivity contribution in [2.24, 2.45) is 16.1 Å². The average Bonchev–Trinajstić information content (AvgIpc) is 2.65. The Morgan fingerprint density at radius 2 is 1.92 bits per heavy atom. The Morgan fingerprint density at radius 3 is 2.50 bits per heavy atom. The highest BCUT2D eigenvalue weighted by atomic mass is 16.5. The number of primary amides is 1. The van der Waals surface area contributed by atoms with E-state index in [1.54, 1.807) is 7.11 Å². The van der Waals surface area contributed by atoms with Crippen molar-refractivity contribution in [2.75, 3.05) is 51.3 Å². The zero-order valence-electron chi connectivity index (χ0n) is 16.3. The maximum Gasteiger partial charge on any atom is 0.224 e. The summed E-state index contributed by atoms with van der Waals surface area (Å²) in [4.78, 5) is 20.7. The van der Waals surface area contributed by atoms with Crippen molar-refractivity contribution in [3.8, 4) is 5.75 Å². The number of nitrogens with zero attached hydrogens (tertiary/aromatic N) is 3. The minimum atomic E-state index is -0.653. The molecule has 1 fully saturated rings. The van der Waals surface area contributed by atoms with E-state index in [1.165, 1.54) is 0 Å². The normalized spacial score (nSPS) is 15.8. The van der Waals surface area contributed by atoms with Crippen molar-refractivity contribution in [3.05, 3.63) is 24.3 Å². The number of hydrogen-bond acceptors (Lipinski definition) is 4. The zero-order chi connectivity index (χ0) is 19.2. The van der Waals surface area contributed by atoms with Crippen LogP contribution in [0, 0.1) is 5.41 Å². The molecule has 2 rings (SSSR count). The molecule has 0 spiro atoms. The van der Waals surface area contributed by atoms with Gasteiger partial charge in [-0.3, -0.25) is 9.79 Å². The predicted octanol–water partition coefficient (Wildman–Crippen LogP) is 1.29. The lowest BCUT2D eigenvalue weighted by atomic mass is 9.93. The van der Waals surface area contributed by atoms with Crippen molar-refractivity contribution in [1.82, 2.24) is 10.2 Å². The number of para-hydroxylation sites is 2. The molecule has 7 heteroatoms. The van der Waals surface area contributed by atoms with E-state index >= 15 is 0 Å². The third-order valence-electron chi connectivity index (χ3n) is 4.63. The molecular weight excluding hydrogens is 330 g/mol. The molecule has 0 bridgehead atoms. The lowest BCUT2D eigenvalue weighted by Crippen LogP contribution is -2.53. The first-order chi connectivity index (χ1) is 12.4. The van der Waals surface area contributed by atoms with E-state index in [0.717, 1.165) is 50.1 Å². The maximum atomic E-state index is 11.5. The fourth-order valence-corrected chi connectivity index (χ4v) is 2.83. The van der Waals surface area contributed by atoms with E-state index in [1.807, 2.05) is 39.0 Å². The Hall–Kier alpha value is -2.44. The van der Waals surface area contributed by atoms with Gasteiger partial charge in [-0.1, -0.05) is 12.1 Å². The number of nitrogens with one attached hydrogen (secondary N) is 1. The zero-order valence-corrected chi connectivity index (χ0v) is 16.3. The summed E-state index contributed by atoms with van der Waals surface area (Å²) in [6, 6.07) is 8.08. The van der Waals surface area contributed by atoms with Crippen LogP contribution in [0.5, 0.6) is 5.75 Å². The fraction of sp³-hybridized carbons (Fsp3) is 0.579. The third kappa shape index (κ3) is 4.80. The number of methoxy groups -OCH3 is 1. The number of nitrogens with two attached hydrogens (primary N) is 1. The first kappa shape index (κ1) is 19.9. The third-order valence-corrected chi connectivity index (χ3v) is 4.63. The van der Waals surface area contributed by atoms with Crippen molar-refractivity contribution in [2.45, 2.75) is 20.8 Å². The van der Waals surface area contributed by atoms with E-state index in [-0.39, 0.29) is 5.91 Å². The van der Waals surface area contributed by atoms with Gasteiger partial charge in [0, 0.05) is 32.7 Å². The van der Waals surface area contributed by atoms with E-state index in [2.05, 4.69) is 26.2 Å². The smallest absolute Gasteiger partial charge is 0.224 e. The van der Waals surface area contributed by atoms with Crippen molar-refractivity contribution in [1.29, 1.82) is 0 Å². The van der Waals surface area contributed by atoms with Gasteiger partial charge in [-0.05, 0) is 32.9 Å². The Labute approximate surface area is 156 Å². The van der Waals surface area contributed by atoms with Crippen molar-refractivity contribution in [3.63, 3.8) is 0 Å². The molecular formula is C19H31N5O2. The van der Waals surface area contributed by atoms with Gasteiger partial charge in [-0.15, -0.1) is 0 Å². The van der Waals surface area contributed by atoms with Crippen LogP contribution in [0.15, 0.2) is 29.3 Å². The molecule has 1 aliphatic rings. The number of carbonyl (C=O) groups is 1. The van der Waals surface area contributed by atoms with Crippen LogP contribution in [-0.2, 0) is 4.79 Å². The molecule has 3 N–H and O–H groups in total. The monoisotopic (exact) mass is 361 g/mol. The Kier molecular flexibility index (Phi) is 6.71. The minimum absolute atomic E-state index is 0.335. The average molecular weight is 361 g/mol. The molecule has 1 heterocycles. The van der Waals surface area contributed by atoms with E-state index < -0.39 is 5.41 Å². The summed E-state index contributed by atoms with van der Waals surface area (Å²) in [5.41, 5.74) is 5.92. The number of guanidine groups is 1. The molecule has 0 aromatic heterocycles. The molecule has 26 heavy (non-hydrogen) atoms. The molecule has 0 radical (unpaired) electrons. The number of rotatable bonds is 6. The second-order valence-electron chi connectivity index (χ2n) is 7.06. The molecule has 1 saturated heterocycles. The molecule has 1 amide bonds. The van der Waals surface area contributed by atoms with Crippen LogP contribution >= 0.6 is 0 Å². The molecule has 144 valence electrons. The molecule has 1 aromatic rings. The number of ether oxygens (including phenoxy) is 1. The maximum absolute atomic E-state index is 11.5. The second-order valence-corrected chi connectivity index (χ2v) is 7.06. The van der Waals surface area contributed by atoms with E-state index in [0.29, 0.717) is 6.54 Å². The van der Waals surface area contributed by atoms with Crippen LogP contribution in [0.3, 0.4) is 0 Å². The predicted molar refractivity (Wildman–Crippen MR) is 106 cm³/mol. The van der Waals surface area contributed by atoms with Crippen LogP contribution in [-0.4, -0.2) is 63.1 Å². The number of hydrogen-bond donors (Lipinski definition) is 2. The van der Waals surface area contributed by atoms with Gasteiger partial charge in [-0.25, -0.2) is 0 Å². The van der Waals surface area contributed by atoms with Crippen LogP contribution in [0.25, 0.3) is 0 Å². The molecule has 0 saturated carbocycles. The van der Waals surface area contributed by atoms with Crippen LogP contribution in [0.4, 0.5) is 5.69 Å². The topological polar surface area (TPSA) is 83.2 Å². The quantitative estimate of drug-likeness (QED) is 0.589. The van der Waals surface area contributed by atoms with Gasteiger partial charge in [0.05, 0.1) is 24.8 Å². The number of benzene rings is 1. The Balaban J connectivity index is 2.04. The number of piperazine rings is 1. The highest BCUT2D eigenvalue weighted by Gasteiger charge is 2.26. The minimum Gasteiger partial charge on any atom is -0.495 e. The summed E-state index contributed by atoms with van der Waals surface area (Å²) in [6.45, 7) is 10.3. The molecule has 1 aromatic carbocycles. The number of aliphatic imine (C=N–C) groups is 1. The highest BCUT2D eigenvalue weighted by molar-refractivity contribution is 5.83. The largest absolute Gasteiger partial charge is 0.495 e. The van der Waals surface area contributed by atoms with Gasteiger partial charge in [-0.2, -0.15) is 0 Å². The van der Waals surface area contributed by atoms with Crippen LogP contribution in [0.1, 0.15) is 20.8 Å². The van der Waals surface area contributed by atoms with Gasteiger partial charge >= 0.3 is 0 Å². The van der Waals surface area contributed by atoms with Crippen LogP contribution < -0.4 is 20.7 Å². The molecule has 7 nitrogen and oxygen atoms in total. The lowest BCUT2D eigenvalue weighted by molar-refractivity contribution is -0.125. The summed E-state index contributed by atoms with van der Waals surface area (Å²) in [7, 11) is 1.70. The molecule has 0 atom stereocenters. The van der Waals surface area contributed by atoms with Gasteiger partial charge < -0.3 is 25.6 Å². The fourth-order valence-electron chi connectivity index (χ4n) is 2.83. The Bertz CT molecular complexity index is 637. The van der Waals surface area contributed by atoms with Gasteiger partial charge in [0.2, 0.25) is 5.91 Å². The number of anilines is 1. The van der Waals surface area contributed by atoms with Crippen molar-refractivity contribution < 1.29 is 9.53 Å². The van der Waals surface area contributed by atoms with E-state index in [4.69, 9.17) is 10.5 Å². The SMILES string of the molecule is CCNC(=NCC(C)(C)C(N)=O)N1CCN(c2ccccc2OC)CC1. The summed E-state index contributed by atoms with van der Waals surface area (Å²) in [5, 5.41) is 3.32. The molecule has 1 aliphatic heterocycles. The summed E-state index contributed by atoms with van der Waals surface area (Å²) in [6.07, 6.45) is 0. The molecule has 0 unspecified atom stereocenters. The number of carbonyl (C=O) groups excluding carboxylic acids is 1. The lowest BCUT2D eigenvalue weighted by Gasteiger charge is -2.38. The number of amides is 1. The first-order valence-electron chi connectivity index (χ1n) is 9.10. The summed E-state index contributed by atoms with van der Waals surface area (Å²) < 4.78 is 5.47. The molecule has 0 aliphatic carbocycles. The van der Waals surface area contributed by atoms with Crippen LogP contribution in [0.2, 0.25) is 0 Å². The van der Waals surface area contributed by atoms with Gasteiger partial charge in [0.25, 0.3) is 0 Å². The standard InChI is InChI=1S/C19H31N5O2/c1-5-21-18(22-14-19(2,3)17(20)25)24-12-10-23(11-13-24)15-8-6-7-9-16(15)26-4/h6-9H,5,10-14H2,1-4H3,(H2,20,25)(H,21,22). The first-order valence-corrected chi connectivity index (χ1v) is 9.10. The summed E-state index contributed by atoms with van der Waals surface area (Å²) in [5.74, 6) is 1.39. The Morgan fingerprint density at radius 1 is 1.27 bits per heavy atom. The summed E-state index contributed by atoms with van der Waals surface area (Å²) >= 11 is 0. The van der Waals surface area contributed by atoms with E-state index in [9.17, 15) is 4.79 Å². The van der Waals surface area contributed by atoms with Crippen molar-refractivity contribution >= 4 is 17.6 Å².